The van der Waals surface area contributed by atoms with Crippen LogP contribution in [0.5, 0.6) is 5.75 Å². The van der Waals surface area contributed by atoms with Crippen molar-refractivity contribution >= 4 is 0 Å². The van der Waals surface area contributed by atoms with E-state index in [0.717, 1.165) is 22.6 Å². The first kappa shape index (κ1) is 13.5. The van der Waals surface area contributed by atoms with Crippen LogP contribution in [0, 0.1) is 0 Å². The molecule has 0 spiro atoms. The van der Waals surface area contributed by atoms with Crippen LogP contribution in [0.25, 0.3) is 0 Å². The van der Waals surface area contributed by atoms with Gasteiger partial charge in [-0.25, -0.2) is 0 Å². The SMILES string of the molecule is COc1ccc(COCc2cccnc2CN)cc1. The van der Waals surface area contributed by atoms with E-state index in [1.807, 2.05) is 36.4 Å². The number of ether oxygens (including phenoxy) is 2. The van der Waals surface area contributed by atoms with Crippen molar-refractivity contribution in [1.82, 2.24) is 4.98 Å². The first-order chi connectivity index (χ1) is 9.33. The molecule has 0 atom stereocenters. The van der Waals surface area contributed by atoms with Gasteiger partial charge in [0.25, 0.3) is 0 Å². The Hall–Kier alpha value is -1.91. The summed E-state index contributed by atoms with van der Waals surface area (Å²) in [6, 6.07) is 11.7. The second-order valence-electron chi connectivity index (χ2n) is 4.15. The number of aromatic nitrogens is 1. The topological polar surface area (TPSA) is 57.4 Å². The molecule has 2 aromatic rings. The van der Waals surface area contributed by atoms with Crippen molar-refractivity contribution in [3.63, 3.8) is 0 Å². The number of nitrogens with zero attached hydrogens (tertiary/aromatic N) is 1. The van der Waals surface area contributed by atoms with Crippen LogP contribution < -0.4 is 10.5 Å². The molecule has 4 heteroatoms. The maximum absolute atomic E-state index is 5.69. The van der Waals surface area contributed by atoms with Gasteiger partial charge in [0.1, 0.15) is 5.75 Å². The molecular weight excluding hydrogens is 240 g/mol. The zero-order valence-corrected chi connectivity index (χ0v) is 11.0. The predicted molar refractivity (Wildman–Crippen MR) is 73.6 cm³/mol. The van der Waals surface area contributed by atoms with Gasteiger partial charge >= 0.3 is 0 Å². The molecule has 19 heavy (non-hydrogen) atoms. The zero-order valence-electron chi connectivity index (χ0n) is 11.0. The van der Waals surface area contributed by atoms with E-state index in [1.54, 1.807) is 13.3 Å². The number of benzene rings is 1. The highest BCUT2D eigenvalue weighted by molar-refractivity contribution is 5.26. The van der Waals surface area contributed by atoms with Gasteiger partial charge in [0, 0.05) is 18.3 Å². The van der Waals surface area contributed by atoms with Crippen molar-refractivity contribution in [2.24, 2.45) is 5.73 Å². The fourth-order valence-corrected chi connectivity index (χ4v) is 1.79. The van der Waals surface area contributed by atoms with E-state index < -0.39 is 0 Å². The molecule has 0 fully saturated rings. The number of hydrogen-bond acceptors (Lipinski definition) is 4. The molecular formula is C15H18N2O2. The summed E-state index contributed by atoms with van der Waals surface area (Å²) in [5, 5.41) is 0. The molecule has 0 saturated carbocycles. The van der Waals surface area contributed by atoms with Crippen molar-refractivity contribution in [3.05, 3.63) is 59.4 Å². The van der Waals surface area contributed by atoms with Crippen LogP contribution >= 0.6 is 0 Å². The molecule has 2 rings (SSSR count). The molecule has 0 saturated heterocycles. The Bertz CT molecular complexity index is 512. The predicted octanol–water partition coefficient (Wildman–Crippen LogP) is 2.27. The van der Waals surface area contributed by atoms with Gasteiger partial charge in [-0.2, -0.15) is 0 Å². The van der Waals surface area contributed by atoms with Crippen LogP contribution in [0.3, 0.4) is 0 Å². The van der Waals surface area contributed by atoms with Crippen LogP contribution in [0.1, 0.15) is 16.8 Å². The lowest BCUT2D eigenvalue weighted by Gasteiger charge is -2.08. The Balaban J connectivity index is 1.88. The molecule has 0 aliphatic rings. The molecule has 0 aliphatic heterocycles. The van der Waals surface area contributed by atoms with Crippen LogP contribution in [0.4, 0.5) is 0 Å². The summed E-state index contributed by atoms with van der Waals surface area (Å²) in [5.74, 6) is 0.849. The molecule has 0 radical (unpaired) electrons. The standard InChI is InChI=1S/C15H18N2O2/c1-18-14-6-4-12(5-7-14)10-19-11-13-3-2-8-17-15(13)9-16/h2-8H,9-11,16H2,1H3. The highest BCUT2D eigenvalue weighted by Crippen LogP contribution is 2.13. The molecule has 2 N–H and O–H groups in total. The zero-order chi connectivity index (χ0) is 13.5. The maximum atomic E-state index is 5.69. The summed E-state index contributed by atoms with van der Waals surface area (Å²) in [5.41, 5.74) is 8.67. The number of rotatable bonds is 6. The third-order valence-corrected chi connectivity index (χ3v) is 2.86. The molecule has 1 aromatic heterocycles. The Morgan fingerprint density at radius 2 is 1.89 bits per heavy atom. The van der Waals surface area contributed by atoms with E-state index in [0.29, 0.717) is 19.8 Å². The summed E-state index contributed by atoms with van der Waals surface area (Å²) in [6.45, 7) is 1.51. The number of pyridine rings is 1. The van der Waals surface area contributed by atoms with Gasteiger partial charge in [0.2, 0.25) is 0 Å². The van der Waals surface area contributed by atoms with Gasteiger partial charge in [-0.05, 0) is 23.8 Å². The number of nitrogens with two attached hydrogens (primary N) is 1. The molecule has 0 aliphatic carbocycles. The summed E-state index contributed by atoms with van der Waals surface area (Å²) >= 11 is 0. The second-order valence-corrected chi connectivity index (χ2v) is 4.15. The molecule has 0 amide bonds. The van der Waals surface area contributed by atoms with E-state index in [-0.39, 0.29) is 0 Å². The van der Waals surface area contributed by atoms with Gasteiger partial charge in [-0.1, -0.05) is 18.2 Å². The summed E-state index contributed by atoms with van der Waals surface area (Å²) in [6.07, 6.45) is 1.75. The Morgan fingerprint density at radius 1 is 1.11 bits per heavy atom. The van der Waals surface area contributed by atoms with Gasteiger partial charge in [0.05, 0.1) is 26.0 Å². The van der Waals surface area contributed by atoms with Gasteiger partial charge in [0.15, 0.2) is 0 Å². The summed E-state index contributed by atoms with van der Waals surface area (Å²) < 4.78 is 10.8. The summed E-state index contributed by atoms with van der Waals surface area (Å²) in [7, 11) is 1.66. The van der Waals surface area contributed by atoms with Crippen LogP contribution in [0.15, 0.2) is 42.6 Å². The highest BCUT2D eigenvalue weighted by atomic mass is 16.5. The maximum Gasteiger partial charge on any atom is 0.118 e. The first-order valence-electron chi connectivity index (χ1n) is 6.17. The Morgan fingerprint density at radius 3 is 2.58 bits per heavy atom. The largest absolute Gasteiger partial charge is 0.497 e. The minimum Gasteiger partial charge on any atom is -0.497 e. The quantitative estimate of drug-likeness (QED) is 0.863. The van der Waals surface area contributed by atoms with Crippen molar-refractivity contribution in [1.29, 1.82) is 0 Å². The number of hydrogen-bond donors (Lipinski definition) is 1. The van der Waals surface area contributed by atoms with E-state index >= 15 is 0 Å². The van der Waals surface area contributed by atoms with E-state index in [1.165, 1.54) is 0 Å². The lowest BCUT2D eigenvalue weighted by Crippen LogP contribution is -2.05. The lowest BCUT2D eigenvalue weighted by atomic mass is 10.2. The normalized spacial score (nSPS) is 10.4. The van der Waals surface area contributed by atoms with Gasteiger partial charge in [-0.3, -0.25) is 4.98 Å². The molecule has 100 valence electrons. The minimum absolute atomic E-state index is 0.433. The molecule has 1 aromatic carbocycles. The van der Waals surface area contributed by atoms with Crippen LogP contribution in [0.2, 0.25) is 0 Å². The van der Waals surface area contributed by atoms with Crippen LogP contribution in [-0.4, -0.2) is 12.1 Å². The Labute approximate surface area is 113 Å². The van der Waals surface area contributed by atoms with E-state index in [9.17, 15) is 0 Å². The molecule has 0 bridgehead atoms. The molecule has 4 nitrogen and oxygen atoms in total. The summed E-state index contributed by atoms with van der Waals surface area (Å²) in [4.78, 5) is 4.22. The van der Waals surface area contributed by atoms with Crippen molar-refractivity contribution in [3.8, 4) is 5.75 Å². The van der Waals surface area contributed by atoms with Crippen molar-refractivity contribution < 1.29 is 9.47 Å². The third kappa shape index (κ3) is 3.77. The fourth-order valence-electron chi connectivity index (χ4n) is 1.79. The third-order valence-electron chi connectivity index (χ3n) is 2.86. The smallest absolute Gasteiger partial charge is 0.118 e. The van der Waals surface area contributed by atoms with Gasteiger partial charge < -0.3 is 15.2 Å². The average molecular weight is 258 g/mol. The van der Waals surface area contributed by atoms with Gasteiger partial charge in [-0.15, -0.1) is 0 Å². The first-order valence-corrected chi connectivity index (χ1v) is 6.17. The number of methoxy groups -OCH3 is 1. The van der Waals surface area contributed by atoms with Crippen LogP contribution in [-0.2, 0) is 24.5 Å². The minimum atomic E-state index is 0.433. The van der Waals surface area contributed by atoms with E-state index in [4.69, 9.17) is 15.2 Å². The second kappa shape index (κ2) is 6.87. The lowest BCUT2D eigenvalue weighted by molar-refractivity contribution is 0.106. The molecule has 1 heterocycles. The van der Waals surface area contributed by atoms with E-state index in [2.05, 4.69) is 4.98 Å². The fraction of sp³-hybridized carbons (Fsp3) is 0.267. The molecule has 0 unspecified atom stereocenters. The van der Waals surface area contributed by atoms with Crippen molar-refractivity contribution in [2.45, 2.75) is 19.8 Å². The Kier molecular flexibility index (Phi) is 4.89. The highest BCUT2D eigenvalue weighted by Gasteiger charge is 2.02. The monoisotopic (exact) mass is 258 g/mol. The average Bonchev–Trinajstić information content (AvgIpc) is 2.48. The van der Waals surface area contributed by atoms with Crippen molar-refractivity contribution in [2.75, 3.05) is 7.11 Å².